The molecule has 0 aliphatic carbocycles. The van der Waals surface area contributed by atoms with Crippen molar-refractivity contribution < 1.29 is 23.8 Å². The number of rotatable bonds is 11. The average Bonchev–Trinajstić information content (AvgIpc) is 2.85. The van der Waals surface area contributed by atoms with Crippen LogP contribution in [0.2, 0.25) is 0 Å². The third kappa shape index (κ3) is 7.18. The summed E-state index contributed by atoms with van der Waals surface area (Å²) >= 11 is 0. The SMILES string of the molecule is CCOC(=O)CC(c1cccc(Nc2ccc(C(=O)OCCOC)cc2N)c1)N1CCNCC1. The third-order valence-electron chi connectivity index (χ3n) is 5.62. The molecule has 3 rings (SSSR count). The number of methoxy groups -OCH3 is 1. The van der Waals surface area contributed by atoms with Crippen molar-refractivity contribution in [3.63, 3.8) is 0 Å². The van der Waals surface area contributed by atoms with E-state index in [9.17, 15) is 9.59 Å². The third-order valence-corrected chi connectivity index (χ3v) is 5.62. The van der Waals surface area contributed by atoms with Crippen LogP contribution in [0.1, 0.15) is 35.3 Å². The van der Waals surface area contributed by atoms with Crippen LogP contribution < -0.4 is 16.4 Å². The number of piperazine rings is 1. The van der Waals surface area contributed by atoms with Gasteiger partial charge in [-0.15, -0.1) is 0 Å². The Hall–Kier alpha value is -3.14. The molecule has 1 unspecified atom stereocenters. The predicted octanol–water partition coefficient (Wildman–Crippen LogP) is 2.72. The van der Waals surface area contributed by atoms with E-state index in [4.69, 9.17) is 19.9 Å². The summed E-state index contributed by atoms with van der Waals surface area (Å²) < 4.78 is 15.3. The van der Waals surface area contributed by atoms with E-state index in [0.717, 1.165) is 37.4 Å². The van der Waals surface area contributed by atoms with Crippen LogP contribution in [0.25, 0.3) is 0 Å². The Bertz CT molecular complexity index is 962. The first-order chi connectivity index (χ1) is 16.5. The standard InChI is InChI=1S/C25H34N4O5/c1-3-33-24(30)17-23(29-11-9-27-10-12-29)18-5-4-6-20(15-18)28-22-8-7-19(16-21(22)26)25(31)34-14-13-32-2/h4-8,15-16,23,27-28H,3,9-14,17,26H2,1-2H3. The molecule has 9 heteroatoms. The van der Waals surface area contributed by atoms with Crippen molar-refractivity contribution in [3.05, 3.63) is 53.6 Å². The van der Waals surface area contributed by atoms with E-state index in [0.29, 0.717) is 36.6 Å². The number of ether oxygens (including phenoxy) is 3. The van der Waals surface area contributed by atoms with E-state index >= 15 is 0 Å². The highest BCUT2D eigenvalue weighted by Gasteiger charge is 2.25. The molecule has 0 bridgehead atoms. The number of nitrogens with zero attached hydrogens (tertiary/aromatic N) is 1. The van der Waals surface area contributed by atoms with Crippen LogP contribution >= 0.6 is 0 Å². The molecule has 9 nitrogen and oxygen atoms in total. The molecule has 0 aromatic heterocycles. The van der Waals surface area contributed by atoms with E-state index in [1.807, 2.05) is 31.2 Å². The van der Waals surface area contributed by atoms with Gasteiger partial charge >= 0.3 is 11.9 Å². The van der Waals surface area contributed by atoms with Gasteiger partial charge in [0.1, 0.15) is 6.61 Å². The number of hydrogen-bond donors (Lipinski definition) is 3. The minimum atomic E-state index is -0.449. The quantitative estimate of drug-likeness (QED) is 0.259. The monoisotopic (exact) mass is 470 g/mol. The molecule has 1 fully saturated rings. The topological polar surface area (TPSA) is 115 Å². The fourth-order valence-electron chi connectivity index (χ4n) is 3.91. The molecule has 1 atom stereocenters. The maximum absolute atomic E-state index is 12.3. The summed E-state index contributed by atoms with van der Waals surface area (Å²) in [5, 5.41) is 6.68. The van der Waals surface area contributed by atoms with E-state index in [1.54, 1.807) is 25.3 Å². The number of anilines is 3. The molecule has 0 radical (unpaired) electrons. The number of nitrogens with one attached hydrogen (secondary N) is 2. The number of nitrogens with two attached hydrogens (primary N) is 1. The molecule has 1 aliphatic rings. The maximum atomic E-state index is 12.3. The largest absolute Gasteiger partial charge is 0.466 e. The molecular weight excluding hydrogens is 436 g/mol. The molecule has 4 N–H and O–H groups in total. The molecule has 184 valence electrons. The summed E-state index contributed by atoms with van der Waals surface area (Å²) in [5.41, 5.74) is 9.55. The summed E-state index contributed by atoms with van der Waals surface area (Å²) in [6.07, 6.45) is 0.291. The number of carbonyl (C=O) groups is 2. The molecule has 2 aromatic carbocycles. The minimum absolute atomic E-state index is 0.0792. The zero-order valence-electron chi connectivity index (χ0n) is 19.8. The van der Waals surface area contributed by atoms with Gasteiger partial charge in [0.15, 0.2) is 0 Å². The molecular formula is C25H34N4O5. The molecule has 0 saturated carbocycles. The Kier molecular flexibility index (Phi) is 9.69. The predicted molar refractivity (Wildman–Crippen MR) is 131 cm³/mol. The van der Waals surface area contributed by atoms with Crippen molar-refractivity contribution in [2.24, 2.45) is 0 Å². The summed E-state index contributed by atoms with van der Waals surface area (Å²) in [7, 11) is 1.55. The van der Waals surface area contributed by atoms with Gasteiger partial charge in [0.05, 0.1) is 36.6 Å². The maximum Gasteiger partial charge on any atom is 0.338 e. The van der Waals surface area contributed by atoms with Crippen molar-refractivity contribution in [3.8, 4) is 0 Å². The van der Waals surface area contributed by atoms with Gasteiger partial charge in [-0.1, -0.05) is 12.1 Å². The van der Waals surface area contributed by atoms with Gasteiger partial charge in [-0.3, -0.25) is 9.69 Å². The lowest BCUT2D eigenvalue weighted by Crippen LogP contribution is -2.45. The first-order valence-electron chi connectivity index (χ1n) is 11.5. The van der Waals surface area contributed by atoms with E-state index in [-0.39, 0.29) is 18.6 Å². The lowest BCUT2D eigenvalue weighted by atomic mass is 10.0. The van der Waals surface area contributed by atoms with Crippen LogP contribution in [-0.2, 0) is 19.0 Å². The van der Waals surface area contributed by atoms with Gasteiger partial charge in [-0.25, -0.2) is 4.79 Å². The number of hydrogen-bond acceptors (Lipinski definition) is 9. The molecule has 2 aromatic rings. The average molecular weight is 471 g/mol. The number of carbonyl (C=O) groups excluding carboxylic acids is 2. The van der Waals surface area contributed by atoms with Crippen LogP contribution in [-0.4, -0.2) is 69.9 Å². The normalized spacial score (nSPS) is 14.9. The van der Waals surface area contributed by atoms with Gasteiger partial charge in [-0.2, -0.15) is 0 Å². The van der Waals surface area contributed by atoms with Crippen LogP contribution in [0, 0.1) is 0 Å². The zero-order valence-corrected chi connectivity index (χ0v) is 19.8. The smallest absolute Gasteiger partial charge is 0.338 e. The van der Waals surface area contributed by atoms with Crippen molar-refractivity contribution in [2.75, 3.05) is 64.2 Å². The second-order valence-electron chi connectivity index (χ2n) is 7.99. The highest BCUT2D eigenvalue weighted by molar-refractivity contribution is 5.92. The molecule has 1 aliphatic heterocycles. The van der Waals surface area contributed by atoms with Crippen LogP contribution in [0.5, 0.6) is 0 Å². The molecule has 34 heavy (non-hydrogen) atoms. The Balaban J connectivity index is 1.75. The summed E-state index contributed by atoms with van der Waals surface area (Å²) in [6.45, 7) is 6.18. The first kappa shape index (κ1) is 25.5. The number of benzene rings is 2. The van der Waals surface area contributed by atoms with Gasteiger partial charge in [0.25, 0.3) is 0 Å². The van der Waals surface area contributed by atoms with Crippen molar-refractivity contribution >= 4 is 29.0 Å². The second kappa shape index (κ2) is 12.9. The molecule has 0 spiro atoms. The van der Waals surface area contributed by atoms with Crippen LogP contribution in [0.15, 0.2) is 42.5 Å². The Morgan fingerprint density at radius 1 is 1.12 bits per heavy atom. The van der Waals surface area contributed by atoms with E-state index in [2.05, 4.69) is 15.5 Å². The molecule has 1 heterocycles. The van der Waals surface area contributed by atoms with Gasteiger partial charge < -0.3 is 30.6 Å². The highest BCUT2D eigenvalue weighted by atomic mass is 16.6. The lowest BCUT2D eigenvalue weighted by molar-refractivity contribution is -0.144. The lowest BCUT2D eigenvalue weighted by Gasteiger charge is -2.35. The summed E-state index contributed by atoms with van der Waals surface area (Å²) in [4.78, 5) is 26.8. The van der Waals surface area contributed by atoms with Crippen molar-refractivity contribution in [2.45, 2.75) is 19.4 Å². The second-order valence-corrected chi connectivity index (χ2v) is 7.99. The highest BCUT2D eigenvalue weighted by Crippen LogP contribution is 2.30. The fourth-order valence-corrected chi connectivity index (χ4v) is 3.91. The van der Waals surface area contributed by atoms with Crippen molar-refractivity contribution in [1.82, 2.24) is 10.2 Å². The Morgan fingerprint density at radius 3 is 2.62 bits per heavy atom. The fraction of sp³-hybridized carbons (Fsp3) is 0.440. The summed E-state index contributed by atoms with van der Waals surface area (Å²) in [5.74, 6) is -0.656. The molecule has 0 amide bonds. The van der Waals surface area contributed by atoms with E-state index < -0.39 is 5.97 Å². The number of nitrogen functional groups attached to an aromatic ring is 1. The van der Waals surface area contributed by atoms with Gasteiger partial charge in [0.2, 0.25) is 0 Å². The van der Waals surface area contributed by atoms with Crippen LogP contribution in [0.3, 0.4) is 0 Å². The number of esters is 2. The first-order valence-corrected chi connectivity index (χ1v) is 11.5. The van der Waals surface area contributed by atoms with Crippen LogP contribution in [0.4, 0.5) is 17.1 Å². The van der Waals surface area contributed by atoms with Gasteiger partial charge in [-0.05, 0) is 42.8 Å². The van der Waals surface area contributed by atoms with Crippen molar-refractivity contribution in [1.29, 1.82) is 0 Å². The Labute approximate surface area is 200 Å². The molecule has 1 saturated heterocycles. The van der Waals surface area contributed by atoms with E-state index in [1.165, 1.54) is 0 Å². The zero-order chi connectivity index (χ0) is 24.3. The Morgan fingerprint density at radius 2 is 1.91 bits per heavy atom. The summed E-state index contributed by atoms with van der Waals surface area (Å²) in [6, 6.07) is 12.9. The van der Waals surface area contributed by atoms with Gasteiger partial charge in [0, 0.05) is 45.0 Å². The minimum Gasteiger partial charge on any atom is -0.466 e.